The monoisotopic (exact) mass is 284 g/mol. The van der Waals surface area contributed by atoms with Crippen LogP contribution < -0.4 is 4.90 Å². The van der Waals surface area contributed by atoms with Crippen LogP contribution in [0, 0.1) is 5.82 Å². The summed E-state index contributed by atoms with van der Waals surface area (Å²) in [5, 5.41) is 10.0. The highest BCUT2D eigenvalue weighted by Gasteiger charge is 2.21. The molecule has 0 aromatic heterocycles. The van der Waals surface area contributed by atoms with Crippen molar-refractivity contribution in [1.29, 1.82) is 0 Å². The van der Waals surface area contributed by atoms with E-state index in [1.807, 2.05) is 36.2 Å². The summed E-state index contributed by atoms with van der Waals surface area (Å²) < 4.78 is 14.1. The van der Waals surface area contributed by atoms with Crippen molar-refractivity contribution in [2.45, 2.75) is 6.10 Å². The van der Waals surface area contributed by atoms with Gasteiger partial charge in [0.2, 0.25) is 0 Å². The number of aliphatic hydroxyl groups is 1. The normalized spacial score (nSPS) is 21.0. The summed E-state index contributed by atoms with van der Waals surface area (Å²) in [6.07, 6.45) is -0.565. The molecule has 0 saturated heterocycles. The fourth-order valence-electron chi connectivity index (χ4n) is 2.64. The van der Waals surface area contributed by atoms with Gasteiger partial charge in [-0.1, -0.05) is 30.3 Å². The van der Waals surface area contributed by atoms with Crippen LogP contribution in [0.1, 0.15) is 11.1 Å². The molecule has 0 radical (unpaired) electrons. The van der Waals surface area contributed by atoms with Crippen molar-refractivity contribution in [3.63, 3.8) is 0 Å². The molecule has 0 aliphatic carbocycles. The Labute approximate surface area is 123 Å². The number of halogens is 1. The van der Waals surface area contributed by atoms with Gasteiger partial charge < -0.3 is 10.0 Å². The van der Waals surface area contributed by atoms with E-state index in [2.05, 4.69) is 4.99 Å². The average Bonchev–Trinajstić information content (AvgIpc) is 2.48. The molecular formula is C17H17FN2O. The first-order valence-corrected chi connectivity index (χ1v) is 6.95. The van der Waals surface area contributed by atoms with Crippen molar-refractivity contribution >= 4 is 11.4 Å². The van der Waals surface area contributed by atoms with E-state index in [4.69, 9.17) is 0 Å². The minimum absolute atomic E-state index is 0.266. The minimum atomic E-state index is -0.565. The highest BCUT2D eigenvalue weighted by molar-refractivity contribution is 6.16. The molecule has 4 heteroatoms. The predicted molar refractivity (Wildman–Crippen MR) is 82.6 cm³/mol. The summed E-state index contributed by atoms with van der Waals surface area (Å²) in [5.74, 6) is -0.302. The molecule has 1 aliphatic rings. The van der Waals surface area contributed by atoms with Crippen molar-refractivity contribution in [2.75, 3.05) is 25.0 Å². The minimum Gasteiger partial charge on any atom is -0.389 e. The number of likely N-dealkylation sites (N-methyl/N-ethyl adjacent to an activating group) is 1. The van der Waals surface area contributed by atoms with E-state index in [9.17, 15) is 9.50 Å². The number of β-amino-alcohol motifs (C(OH)–C–C–N with tert-alkyl or cyclic N) is 1. The van der Waals surface area contributed by atoms with Crippen molar-refractivity contribution in [1.82, 2.24) is 0 Å². The maximum atomic E-state index is 14.1. The van der Waals surface area contributed by atoms with Gasteiger partial charge in [-0.3, -0.25) is 4.99 Å². The molecule has 108 valence electrons. The molecule has 1 N–H and O–H groups in total. The Balaban J connectivity index is 2.20. The van der Waals surface area contributed by atoms with E-state index < -0.39 is 6.10 Å². The predicted octanol–water partition coefficient (Wildman–Crippen LogP) is 2.47. The van der Waals surface area contributed by atoms with E-state index in [0.29, 0.717) is 17.8 Å². The molecule has 0 bridgehead atoms. The zero-order chi connectivity index (χ0) is 14.8. The molecule has 1 unspecified atom stereocenters. The quantitative estimate of drug-likeness (QED) is 0.873. The molecule has 3 nitrogen and oxygen atoms in total. The number of para-hydroxylation sites is 1. The van der Waals surface area contributed by atoms with Crippen molar-refractivity contribution < 1.29 is 9.50 Å². The average molecular weight is 284 g/mol. The lowest BCUT2D eigenvalue weighted by Gasteiger charge is -2.27. The first-order valence-electron chi connectivity index (χ1n) is 6.95. The van der Waals surface area contributed by atoms with Crippen LogP contribution in [0.25, 0.3) is 0 Å². The molecule has 1 heterocycles. The molecule has 2 aromatic carbocycles. The summed E-state index contributed by atoms with van der Waals surface area (Å²) in [6.45, 7) is 0.771. The molecule has 0 saturated carbocycles. The molecular weight excluding hydrogens is 267 g/mol. The van der Waals surface area contributed by atoms with Crippen LogP contribution in [0.5, 0.6) is 0 Å². The van der Waals surface area contributed by atoms with Gasteiger partial charge >= 0.3 is 0 Å². The first-order chi connectivity index (χ1) is 10.2. The Morgan fingerprint density at radius 1 is 1.10 bits per heavy atom. The Hall–Kier alpha value is -2.20. The maximum Gasteiger partial charge on any atom is 0.132 e. The molecule has 2 aromatic rings. The molecule has 0 fully saturated rings. The van der Waals surface area contributed by atoms with Gasteiger partial charge in [0.05, 0.1) is 18.4 Å². The number of hydrogen-bond donors (Lipinski definition) is 1. The van der Waals surface area contributed by atoms with Crippen molar-refractivity contribution in [2.24, 2.45) is 4.99 Å². The van der Waals surface area contributed by atoms with Crippen LogP contribution in [0.15, 0.2) is 53.5 Å². The zero-order valence-electron chi connectivity index (χ0n) is 11.8. The van der Waals surface area contributed by atoms with Gasteiger partial charge in [0.1, 0.15) is 5.82 Å². The topological polar surface area (TPSA) is 35.8 Å². The van der Waals surface area contributed by atoms with Crippen molar-refractivity contribution in [3.05, 3.63) is 65.5 Å². The lowest BCUT2D eigenvalue weighted by atomic mass is 9.98. The molecule has 0 spiro atoms. The van der Waals surface area contributed by atoms with Gasteiger partial charge in [-0.25, -0.2) is 4.39 Å². The van der Waals surface area contributed by atoms with Gasteiger partial charge in [-0.05, 0) is 18.2 Å². The number of aliphatic hydroxyl groups excluding tert-OH is 1. The number of fused-ring (bicyclic) bond motifs is 1. The molecule has 1 atom stereocenters. The van der Waals surface area contributed by atoms with Crippen LogP contribution in [0.4, 0.5) is 10.1 Å². The van der Waals surface area contributed by atoms with E-state index in [1.165, 1.54) is 6.07 Å². The summed E-state index contributed by atoms with van der Waals surface area (Å²) in [5.41, 5.74) is 2.89. The molecule has 1 aliphatic heterocycles. The van der Waals surface area contributed by atoms with Gasteiger partial charge in [-0.2, -0.15) is 0 Å². The highest BCUT2D eigenvalue weighted by Crippen LogP contribution is 2.26. The maximum absolute atomic E-state index is 14.1. The molecule has 0 amide bonds. The SMILES string of the molecule is CN1CC(O)C/N=C(/c2ccccc2F)c2ccccc21. The number of hydrogen-bond acceptors (Lipinski definition) is 3. The van der Waals surface area contributed by atoms with E-state index >= 15 is 0 Å². The summed E-state index contributed by atoms with van der Waals surface area (Å²) in [7, 11) is 1.92. The molecule has 21 heavy (non-hydrogen) atoms. The Morgan fingerprint density at radius 2 is 1.76 bits per heavy atom. The third-order valence-electron chi connectivity index (χ3n) is 3.64. The number of nitrogens with zero attached hydrogens (tertiary/aromatic N) is 2. The second kappa shape index (κ2) is 5.66. The van der Waals surface area contributed by atoms with Gasteiger partial charge in [0.25, 0.3) is 0 Å². The van der Waals surface area contributed by atoms with E-state index in [-0.39, 0.29) is 12.4 Å². The van der Waals surface area contributed by atoms with E-state index in [1.54, 1.807) is 18.2 Å². The highest BCUT2D eigenvalue weighted by atomic mass is 19.1. The first kappa shape index (κ1) is 13.8. The number of rotatable bonds is 1. The zero-order valence-corrected chi connectivity index (χ0v) is 11.8. The van der Waals surface area contributed by atoms with Gasteiger partial charge in [0, 0.05) is 30.4 Å². The lowest BCUT2D eigenvalue weighted by Crippen LogP contribution is -2.34. The lowest BCUT2D eigenvalue weighted by molar-refractivity contribution is 0.190. The van der Waals surface area contributed by atoms with Gasteiger partial charge in [-0.15, -0.1) is 0 Å². The Bertz CT molecular complexity index is 684. The number of anilines is 1. The number of benzene rings is 2. The second-order valence-electron chi connectivity index (χ2n) is 5.22. The fourth-order valence-corrected chi connectivity index (χ4v) is 2.64. The van der Waals surface area contributed by atoms with Crippen LogP contribution in [-0.2, 0) is 0 Å². The fraction of sp³-hybridized carbons (Fsp3) is 0.235. The largest absolute Gasteiger partial charge is 0.389 e. The third kappa shape index (κ3) is 2.67. The van der Waals surface area contributed by atoms with Crippen molar-refractivity contribution in [3.8, 4) is 0 Å². The third-order valence-corrected chi connectivity index (χ3v) is 3.64. The smallest absolute Gasteiger partial charge is 0.132 e. The summed E-state index contributed by atoms with van der Waals surface area (Å²) in [6, 6.07) is 14.4. The summed E-state index contributed by atoms with van der Waals surface area (Å²) >= 11 is 0. The van der Waals surface area contributed by atoms with E-state index in [0.717, 1.165) is 11.3 Å². The molecule has 3 rings (SSSR count). The van der Waals surface area contributed by atoms with Crippen LogP contribution in [0.3, 0.4) is 0 Å². The number of aliphatic imine (C=N–C) groups is 1. The Morgan fingerprint density at radius 3 is 2.52 bits per heavy atom. The second-order valence-corrected chi connectivity index (χ2v) is 5.22. The Kier molecular flexibility index (Phi) is 3.71. The van der Waals surface area contributed by atoms with Crippen LogP contribution in [-0.4, -0.2) is 37.1 Å². The van der Waals surface area contributed by atoms with Crippen LogP contribution in [0.2, 0.25) is 0 Å². The standard InChI is InChI=1S/C17H17FN2O/c1-20-11-12(21)10-19-17(13-6-2-4-8-15(13)18)14-7-3-5-9-16(14)20/h2-9,12,21H,10-11H2,1H3/b19-17-. The summed E-state index contributed by atoms with van der Waals surface area (Å²) in [4.78, 5) is 6.45. The van der Waals surface area contributed by atoms with Gasteiger partial charge in [0.15, 0.2) is 0 Å². The van der Waals surface area contributed by atoms with Crippen LogP contribution >= 0.6 is 0 Å².